The molecule has 3 nitrogen and oxygen atoms in total. The Labute approximate surface area is 136 Å². The molecule has 0 unspecified atom stereocenters. The van der Waals surface area contributed by atoms with E-state index in [2.05, 4.69) is 34.7 Å². The van der Waals surface area contributed by atoms with Crippen LogP contribution >= 0.6 is 11.3 Å². The quantitative estimate of drug-likeness (QED) is 0.900. The summed E-state index contributed by atoms with van der Waals surface area (Å²) in [6.45, 7) is 7.89. The van der Waals surface area contributed by atoms with Crippen LogP contribution in [0.4, 0.5) is 0 Å². The number of aryl methyl sites for hydroxylation is 1. The Balaban J connectivity index is 2.22. The molecular formula is C18H24N2OS. The summed E-state index contributed by atoms with van der Waals surface area (Å²) in [5.41, 5.74) is 1.89. The zero-order chi connectivity index (χ0) is 16.2. The summed E-state index contributed by atoms with van der Waals surface area (Å²) in [4.78, 5) is 17.0. The predicted octanol–water partition coefficient (Wildman–Crippen LogP) is 4.15. The molecule has 2 aromatic rings. The van der Waals surface area contributed by atoms with E-state index in [4.69, 9.17) is 0 Å². The Morgan fingerprint density at radius 3 is 2.50 bits per heavy atom. The highest BCUT2D eigenvalue weighted by molar-refractivity contribution is 7.09. The van der Waals surface area contributed by atoms with Crippen molar-refractivity contribution in [2.75, 3.05) is 0 Å². The number of benzene rings is 1. The van der Waals surface area contributed by atoms with Crippen molar-refractivity contribution in [2.45, 2.75) is 46.6 Å². The van der Waals surface area contributed by atoms with E-state index in [1.807, 2.05) is 39.0 Å². The van der Waals surface area contributed by atoms with Crippen LogP contribution in [0.25, 0.3) is 0 Å². The van der Waals surface area contributed by atoms with Gasteiger partial charge in [0, 0.05) is 10.8 Å². The molecule has 22 heavy (non-hydrogen) atoms. The van der Waals surface area contributed by atoms with Gasteiger partial charge in [0.05, 0.1) is 11.7 Å². The number of hydrogen-bond acceptors (Lipinski definition) is 3. The van der Waals surface area contributed by atoms with Crippen molar-refractivity contribution in [3.63, 3.8) is 0 Å². The molecular weight excluding hydrogens is 292 g/mol. The van der Waals surface area contributed by atoms with E-state index in [0.29, 0.717) is 0 Å². The summed E-state index contributed by atoms with van der Waals surface area (Å²) in [5.74, 6) is 0.0571. The third kappa shape index (κ3) is 4.41. The fourth-order valence-corrected chi connectivity index (χ4v) is 3.02. The van der Waals surface area contributed by atoms with Gasteiger partial charge in [0.25, 0.3) is 0 Å². The Hall–Kier alpha value is -1.68. The van der Waals surface area contributed by atoms with Crippen molar-refractivity contribution in [3.8, 4) is 0 Å². The van der Waals surface area contributed by atoms with Crippen LogP contribution in [0.3, 0.4) is 0 Å². The Morgan fingerprint density at radius 2 is 1.95 bits per heavy atom. The summed E-state index contributed by atoms with van der Waals surface area (Å²) in [6, 6.07) is 10.2. The van der Waals surface area contributed by atoms with Crippen molar-refractivity contribution in [3.05, 3.63) is 52.0 Å². The van der Waals surface area contributed by atoms with Crippen molar-refractivity contribution < 1.29 is 4.79 Å². The molecule has 118 valence electrons. The fraction of sp³-hybridized carbons (Fsp3) is 0.444. The van der Waals surface area contributed by atoms with Gasteiger partial charge in [-0.2, -0.15) is 0 Å². The van der Waals surface area contributed by atoms with Crippen LogP contribution in [0, 0.1) is 5.41 Å². The van der Waals surface area contributed by atoms with Crippen LogP contribution in [0.15, 0.2) is 35.7 Å². The summed E-state index contributed by atoms with van der Waals surface area (Å²) < 4.78 is 0. The molecule has 1 aromatic heterocycles. The lowest BCUT2D eigenvalue weighted by molar-refractivity contribution is -0.129. The Morgan fingerprint density at radius 1 is 1.27 bits per heavy atom. The van der Waals surface area contributed by atoms with Crippen molar-refractivity contribution >= 4 is 17.2 Å². The zero-order valence-electron chi connectivity index (χ0n) is 13.7. The van der Waals surface area contributed by atoms with E-state index >= 15 is 0 Å². The van der Waals surface area contributed by atoms with Gasteiger partial charge in [-0.25, -0.2) is 4.98 Å². The maximum atomic E-state index is 12.4. The van der Waals surface area contributed by atoms with E-state index in [9.17, 15) is 4.79 Å². The van der Waals surface area contributed by atoms with Gasteiger partial charge in [0.1, 0.15) is 5.01 Å². The third-order valence-corrected chi connectivity index (χ3v) is 4.51. The number of nitrogens with one attached hydrogen (secondary N) is 1. The number of aromatic nitrogens is 1. The second-order valence-corrected chi connectivity index (χ2v) is 7.39. The van der Waals surface area contributed by atoms with E-state index in [-0.39, 0.29) is 11.9 Å². The first kappa shape index (κ1) is 16.7. The van der Waals surface area contributed by atoms with Gasteiger partial charge in [-0.15, -0.1) is 11.3 Å². The number of rotatable bonds is 5. The van der Waals surface area contributed by atoms with Crippen LogP contribution in [-0.2, 0) is 17.6 Å². The normalized spacial score (nSPS) is 12.9. The molecule has 1 amide bonds. The smallest absolute Gasteiger partial charge is 0.225 e. The molecule has 1 aromatic carbocycles. The van der Waals surface area contributed by atoms with Crippen molar-refractivity contribution in [1.82, 2.24) is 10.3 Å². The number of hydrogen-bond donors (Lipinski definition) is 1. The van der Waals surface area contributed by atoms with Crippen LogP contribution in [0.5, 0.6) is 0 Å². The fourth-order valence-electron chi connectivity index (χ4n) is 2.07. The monoisotopic (exact) mass is 316 g/mol. The van der Waals surface area contributed by atoms with Gasteiger partial charge >= 0.3 is 0 Å². The van der Waals surface area contributed by atoms with E-state index in [0.717, 1.165) is 23.5 Å². The van der Waals surface area contributed by atoms with Crippen LogP contribution in [0.1, 0.15) is 50.0 Å². The van der Waals surface area contributed by atoms with Crippen LogP contribution in [0.2, 0.25) is 0 Å². The van der Waals surface area contributed by atoms with Gasteiger partial charge in [-0.1, -0.05) is 58.0 Å². The Kier molecular flexibility index (Phi) is 5.35. The van der Waals surface area contributed by atoms with Gasteiger partial charge in [0.15, 0.2) is 0 Å². The zero-order valence-corrected chi connectivity index (χ0v) is 14.5. The summed E-state index contributed by atoms with van der Waals surface area (Å²) in [7, 11) is 0. The van der Waals surface area contributed by atoms with E-state index in [1.165, 1.54) is 5.56 Å². The van der Waals surface area contributed by atoms with Gasteiger partial charge in [-0.05, 0) is 18.4 Å². The Bertz CT molecular complexity index is 614. The third-order valence-electron chi connectivity index (χ3n) is 3.50. The van der Waals surface area contributed by atoms with Crippen LogP contribution < -0.4 is 5.32 Å². The molecule has 0 spiro atoms. The maximum Gasteiger partial charge on any atom is 0.225 e. The van der Waals surface area contributed by atoms with Gasteiger partial charge < -0.3 is 5.32 Å². The average Bonchev–Trinajstić information content (AvgIpc) is 2.95. The van der Waals surface area contributed by atoms with E-state index in [1.54, 1.807) is 11.3 Å². The molecule has 0 aliphatic heterocycles. The SMILES string of the molecule is CCc1csc([C@H](Cc2ccccc2)NC(=O)C(C)(C)C)n1. The predicted molar refractivity (Wildman–Crippen MR) is 92.0 cm³/mol. The van der Waals surface area contributed by atoms with Gasteiger partial charge in [-0.3, -0.25) is 4.79 Å². The molecule has 1 atom stereocenters. The van der Waals surface area contributed by atoms with Crippen molar-refractivity contribution in [2.24, 2.45) is 5.41 Å². The highest BCUT2D eigenvalue weighted by Crippen LogP contribution is 2.24. The molecule has 1 heterocycles. The molecule has 4 heteroatoms. The van der Waals surface area contributed by atoms with Gasteiger partial charge in [0.2, 0.25) is 5.91 Å². The molecule has 0 aliphatic carbocycles. The molecule has 2 rings (SSSR count). The topological polar surface area (TPSA) is 42.0 Å². The summed E-state index contributed by atoms with van der Waals surface area (Å²) in [6.07, 6.45) is 1.68. The molecule has 1 N–H and O–H groups in total. The minimum absolute atomic E-state index is 0.0571. The maximum absolute atomic E-state index is 12.4. The van der Waals surface area contributed by atoms with Crippen molar-refractivity contribution in [1.29, 1.82) is 0 Å². The largest absolute Gasteiger partial charge is 0.346 e. The number of carbonyl (C=O) groups excluding carboxylic acids is 1. The first-order chi connectivity index (χ1) is 10.4. The lowest BCUT2D eigenvalue weighted by Gasteiger charge is -2.23. The molecule has 0 saturated heterocycles. The summed E-state index contributed by atoms with van der Waals surface area (Å²) in [5, 5.41) is 6.23. The first-order valence-corrected chi connectivity index (χ1v) is 8.57. The van der Waals surface area contributed by atoms with Crippen LogP contribution in [-0.4, -0.2) is 10.9 Å². The molecule has 0 aliphatic rings. The minimum atomic E-state index is -0.403. The number of carbonyl (C=O) groups is 1. The molecule has 0 bridgehead atoms. The average molecular weight is 316 g/mol. The number of thiazole rings is 1. The first-order valence-electron chi connectivity index (χ1n) is 7.69. The highest BCUT2D eigenvalue weighted by Gasteiger charge is 2.26. The van der Waals surface area contributed by atoms with E-state index < -0.39 is 5.41 Å². The molecule has 0 fully saturated rings. The lowest BCUT2D eigenvalue weighted by Crippen LogP contribution is -2.38. The minimum Gasteiger partial charge on any atom is -0.346 e. The lowest BCUT2D eigenvalue weighted by atomic mass is 9.94. The number of amides is 1. The highest BCUT2D eigenvalue weighted by atomic mass is 32.1. The number of nitrogens with zero attached hydrogens (tertiary/aromatic N) is 1. The summed E-state index contributed by atoms with van der Waals surface area (Å²) >= 11 is 1.63. The molecule has 0 saturated carbocycles. The molecule has 0 radical (unpaired) electrons. The second-order valence-electron chi connectivity index (χ2n) is 6.50. The second kappa shape index (κ2) is 7.05. The standard InChI is InChI=1S/C18H24N2OS/c1-5-14-12-22-16(19-14)15(20-17(21)18(2,3)4)11-13-9-7-6-8-10-13/h6-10,12,15H,5,11H2,1-4H3,(H,20,21)/t15-/m0/s1.